The van der Waals surface area contributed by atoms with Gasteiger partial charge >= 0.3 is 5.97 Å². The lowest BCUT2D eigenvalue weighted by Gasteiger charge is -2.20. The van der Waals surface area contributed by atoms with Crippen LogP contribution in [0.1, 0.15) is 39.7 Å². The molecule has 1 atom stereocenters. The third kappa shape index (κ3) is 3.91. The minimum Gasteiger partial charge on any atom is -0.377 e. The third-order valence-corrected chi connectivity index (χ3v) is 3.44. The van der Waals surface area contributed by atoms with Crippen LogP contribution < -0.4 is 0 Å². The first-order chi connectivity index (χ1) is 10.6. The SMILES string of the molecule is CC(C)(C)C1=NOC(C)(C(=O)O/N=C/c2ccc(F)c(F)c2)C1. The molecule has 23 heavy (non-hydrogen) atoms. The number of rotatable bonds is 3. The fourth-order valence-electron chi connectivity index (χ4n) is 1.88. The first-order valence-electron chi connectivity index (χ1n) is 7.07. The number of halogens is 2. The van der Waals surface area contributed by atoms with E-state index in [-0.39, 0.29) is 11.0 Å². The molecule has 0 radical (unpaired) electrons. The molecule has 0 aromatic heterocycles. The number of carbonyl (C=O) groups is 1. The first kappa shape index (κ1) is 17.1. The quantitative estimate of drug-likeness (QED) is 0.486. The molecule has 1 heterocycles. The summed E-state index contributed by atoms with van der Waals surface area (Å²) >= 11 is 0. The molecule has 2 rings (SSSR count). The Morgan fingerprint density at radius 3 is 2.65 bits per heavy atom. The summed E-state index contributed by atoms with van der Waals surface area (Å²) in [5, 5.41) is 7.44. The molecule has 5 nitrogen and oxygen atoms in total. The van der Waals surface area contributed by atoms with Crippen LogP contribution >= 0.6 is 0 Å². The van der Waals surface area contributed by atoms with E-state index in [2.05, 4.69) is 10.3 Å². The van der Waals surface area contributed by atoms with Crippen LogP contribution in [-0.2, 0) is 14.5 Å². The van der Waals surface area contributed by atoms with Crippen LogP contribution in [0, 0.1) is 17.0 Å². The maximum Gasteiger partial charge on any atom is 0.381 e. The Kier molecular flexibility index (Phi) is 4.49. The Labute approximate surface area is 132 Å². The minimum absolute atomic E-state index is 0.215. The zero-order valence-corrected chi connectivity index (χ0v) is 13.4. The van der Waals surface area contributed by atoms with Gasteiger partial charge < -0.3 is 9.68 Å². The molecular formula is C16H18F2N2O3. The average Bonchev–Trinajstić information content (AvgIpc) is 2.87. The van der Waals surface area contributed by atoms with Gasteiger partial charge in [0, 0.05) is 11.8 Å². The highest BCUT2D eigenvalue weighted by Gasteiger charge is 2.46. The van der Waals surface area contributed by atoms with Crippen molar-refractivity contribution < 1.29 is 23.3 Å². The molecule has 1 aromatic rings. The van der Waals surface area contributed by atoms with Crippen LogP contribution in [0.5, 0.6) is 0 Å². The second kappa shape index (κ2) is 6.06. The molecule has 1 aliphatic heterocycles. The number of hydrogen-bond acceptors (Lipinski definition) is 5. The van der Waals surface area contributed by atoms with E-state index in [4.69, 9.17) is 9.68 Å². The Balaban J connectivity index is 1.97. The Morgan fingerprint density at radius 1 is 1.39 bits per heavy atom. The van der Waals surface area contributed by atoms with Gasteiger partial charge in [-0.15, -0.1) is 0 Å². The van der Waals surface area contributed by atoms with E-state index < -0.39 is 23.2 Å². The zero-order chi connectivity index (χ0) is 17.3. The van der Waals surface area contributed by atoms with Crippen molar-refractivity contribution in [1.29, 1.82) is 0 Å². The van der Waals surface area contributed by atoms with Gasteiger partial charge in [0.25, 0.3) is 0 Å². The van der Waals surface area contributed by atoms with Crippen molar-refractivity contribution in [2.24, 2.45) is 15.7 Å². The smallest absolute Gasteiger partial charge is 0.377 e. The molecule has 1 aliphatic rings. The average molecular weight is 324 g/mol. The summed E-state index contributed by atoms with van der Waals surface area (Å²) in [4.78, 5) is 22.1. The van der Waals surface area contributed by atoms with E-state index >= 15 is 0 Å². The lowest BCUT2D eigenvalue weighted by Crippen LogP contribution is -2.37. The van der Waals surface area contributed by atoms with Gasteiger partial charge in [0.1, 0.15) is 0 Å². The summed E-state index contributed by atoms with van der Waals surface area (Å²) in [6.45, 7) is 7.46. The minimum atomic E-state index is -1.24. The molecule has 0 bridgehead atoms. The fraction of sp³-hybridized carbons (Fsp3) is 0.438. The third-order valence-electron chi connectivity index (χ3n) is 3.44. The van der Waals surface area contributed by atoms with Crippen molar-refractivity contribution in [1.82, 2.24) is 0 Å². The molecule has 124 valence electrons. The zero-order valence-electron chi connectivity index (χ0n) is 13.4. The van der Waals surface area contributed by atoms with E-state index in [1.807, 2.05) is 20.8 Å². The first-order valence-corrected chi connectivity index (χ1v) is 7.07. The molecule has 0 saturated carbocycles. The lowest BCUT2D eigenvalue weighted by atomic mass is 9.84. The van der Waals surface area contributed by atoms with Crippen molar-refractivity contribution in [3.63, 3.8) is 0 Å². The molecule has 0 spiro atoms. The van der Waals surface area contributed by atoms with Gasteiger partial charge in [-0.1, -0.05) is 37.1 Å². The molecule has 0 fully saturated rings. The summed E-state index contributed by atoms with van der Waals surface area (Å²) in [6.07, 6.45) is 1.42. The second-order valence-electron chi connectivity index (χ2n) is 6.57. The van der Waals surface area contributed by atoms with Crippen LogP contribution in [0.2, 0.25) is 0 Å². The predicted octanol–water partition coefficient (Wildman–Crippen LogP) is 3.42. The van der Waals surface area contributed by atoms with Crippen molar-refractivity contribution in [2.75, 3.05) is 0 Å². The monoisotopic (exact) mass is 324 g/mol. The topological polar surface area (TPSA) is 60.2 Å². The molecule has 0 amide bonds. The maximum absolute atomic E-state index is 13.0. The van der Waals surface area contributed by atoms with Gasteiger partial charge in [-0.3, -0.25) is 0 Å². The summed E-state index contributed by atoms with van der Waals surface area (Å²) < 4.78 is 25.8. The Hall–Kier alpha value is -2.31. The van der Waals surface area contributed by atoms with Crippen LogP contribution in [-0.4, -0.2) is 23.5 Å². The van der Waals surface area contributed by atoms with Gasteiger partial charge in [-0.05, 0) is 24.6 Å². The van der Waals surface area contributed by atoms with Crippen LogP contribution in [0.25, 0.3) is 0 Å². The molecular weight excluding hydrogens is 306 g/mol. The van der Waals surface area contributed by atoms with Gasteiger partial charge in [-0.25, -0.2) is 13.6 Å². The summed E-state index contributed by atoms with van der Waals surface area (Å²) in [7, 11) is 0. The molecule has 0 saturated heterocycles. The van der Waals surface area contributed by atoms with Crippen LogP contribution in [0.4, 0.5) is 8.78 Å². The number of hydrogen-bond donors (Lipinski definition) is 0. The van der Waals surface area contributed by atoms with E-state index in [9.17, 15) is 13.6 Å². The van der Waals surface area contributed by atoms with Crippen LogP contribution in [0.3, 0.4) is 0 Å². The van der Waals surface area contributed by atoms with E-state index in [1.54, 1.807) is 6.92 Å². The van der Waals surface area contributed by atoms with Crippen LogP contribution in [0.15, 0.2) is 28.5 Å². The highest BCUT2D eigenvalue weighted by atomic mass is 19.2. The summed E-state index contributed by atoms with van der Waals surface area (Å²) in [5.41, 5.74) is -0.441. The van der Waals surface area contributed by atoms with Crippen molar-refractivity contribution in [2.45, 2.75) is 39.7 Å². The van der Waals surface area contributed by atoms with Gasteiger partial charge in [0.2, 0.25) is 5.60 Å². The number of nitrogens with zero attached hydrogens (tertiary/aromatic N) is 2. The lowest BCUT2D eigenvalue weighted by molar-refractivity contribution is -0.167. The normalized spacial score (nSPS) is 21.2. The number of carbonyl (C=O) groups excluding carboxylic acids is 1. The van der Waals surface area contributed by atoms with Crippen molar-refractivity contribution in [3.05, 3.63) is 35.4 Å². The largest absolute Gasteiger partial charge is 0.381 e. The molecule has 7 heteroatoms. The van der Waals surface area contributed by atoms with E-state index in [0.29, 0.717) is 6.42 Å². The molecule has 0 N–H and O–H groups in total. The van der Waals surface area contributed by atoms with Gasteiger partial charge in [0.05, 0.1) is 11.9 Å². The van der Waals surface area contributed by atoms with E-state index in [1.165, 1.54) is 6.07 Å². The highest BCUT2D eigenvalue weighted by molar-refractivity contribution is 5.96. The van der Waals surface area contributed by atoms with Gasteiger partial charge in [0.15, 0.2) is 11.6 Å². The van der Waals surface area contributed by atoms with E-state index in [0.717, 1.165) is 24.1 Å². The summed E-state index contributed by atoms with van der Waals surface area (Å²) in [5.74, 6) is -2.67. The number of benzene rings is 1. The standard InChI is InChI=1S/C16H18F2N2O3/c1-15(2,3)13-8-16(4,23-20-13)14(21)22-19-9-10-5-6-11(17)12(18)7-10/h5-7,9H,8H2,1-4H3/b19-9+. The maximum atomic E-state index is 13.0. The fourth-order valence-corrected chi connectivity index (χ4v) is 1.88. The predicted molar refractivity (Wildman–Crippen MR) is 81.0 cm³/mol. The molecule has 1 unspecified atom stereocenters. The van der Waals surface area contributed by atoms with Gasteiger partial charge in [-0.2, -0.15) is 0 Å². The Bertz CT molecular complexity index is 680. The van der Waals surface area contributed by atoms with Crippen molar-refractivity contribution >= 4 is 17.9 Å². The van der Waals surface area contributed by atoms with Crippen molar-refractivity contribution in [3.8, 4) is 0 Å². The summed E-state index contributed by atoms with van der Waals surface area (Å²) in [6, 6.07) is 3.22. The highest BCUT2D eigenvalue weighted by Crippen LogP contribution is 2.32. The number of oxime groups is 2. The second-order valence-corrected chi connectivity index (χ2v) is 6.57. The molecule has 0 aliphatic carbocycles. The molecule has 1 aromatic carbocycles. The Morgan fingerprint density at radius 2 is 2.09 bits per heavy atom.